The largest absolute Gasteiger partial charge is 0.271 e. The van der Waals surface area contributed by atoms with Crippen LogP contribution in [-0.4, -0.2) is 26.7 Å². The Balaban J connectivity index is 1.91. The van der Waals surface area contributed by atoms with Crippen LogP contribution in [0.5, 0.6) is 0 Å². The van der Waals surface area contributed by atoms with E-state index in [-0.39, 0.29) is 10.5 Å². The van der Waals surface area contributed by atoms with E-state index in [2.05, 4.69) is 5.43 Å². The molecule has 1 aliphatic heterocycles. The highest BCUT2D eigenvalue weighted by Gasteiger charge is 2.23. The number of amides is 1. The van der Waals surface area contributed by atoms with Crippen molar-refractivity contribution in [3.8, 4) is 0 Å². The van der Waals surface area contributed by atoms with E-state index in [4.69, 9.17) is 0 Å². The Bertz CT molecular complexity index is 280. The van der Waals surface area contributed by atoms with E-state index in [0.29, 0.717) is 0 Å². The van der Waals surface area contributed by atoms with Crippen LogP contribution in [0, 0.1) is 0 Å². The van der Waals surface area contributed by atoms with Crippen molar-refractivity contribution in [2.75, 3.05) is 16.9 Å². The molecule has 0 bridgehead atoms. The molecular weight excluding hydrogens is 204 g/mol. The SMILES string of the molecule is O=C(Nn1cccc1)C1SCCS1. The Morgan fingerprint density at radius 2 is 1.92 bits per heavy atom. The first-order valence-electron chi connectivity index (χ1n) is 4.03. The van der Waals surface area contributed by atoms with Gasteiger partial charge < -0.3 is 0 Å². The third kappa shape index (κ3) is 2.22. The van der Waals surface area contributed by atoms with E-state index in [9.17, 15) is 4.79 Å². The smallest absolute Gasteiger partial charge is 0.262 e. The van der Waals surface area contributed by atoms with Gasteiger partial charge in [0.2, 0.25) is 0 Å². The number of hydrogen-bond acceptors (Lipinski definition) is 3. The lowest BCUT2D eigenvalue weighted by atomic mass is 10.7. The fourth-order valence-corrected chi connectivity index (χ4v) is 3.67. The Kier molecular flexibility index (Phi) is 2.85. The van der Waals surface area contributed by atoms with E-state index in [1.165, 1.54) is 0 Å². The van der Waals surface area contributed by atoms with Gasteiger partial charge in [-0.1, -0.05) is 0 Å². The standard InChI is InChI=1S/C8H10N2OS2/c11-7(8-12-5-6-13-8)9-10-3-1-2-4-10/h1-4,8H,5-6H2,(H,9,11). The third-order valence-corrected chi connectivity index (χ3v) is 4.67. The number of thioether (sulfide) groups is 2. The maximum Gasteiger partial charge on any atom is 0.262 e. The van der Waals surface area contributed by atoms with E-state index < -0.39 is 0 Å². The molecule has 1 fully saturated rings. The van der Waals surface area contributed by atoms with Crippen LogP contribution in [0.4, 0.5) is 0 Å². The maximum atomic E-state index is 11.5. The lowest BCUT2D eigenvalue weighted by Gasteiger charge is -2.09. The first-order valence-corrected chi connectivity index (χ1v) is 6.13. The minimum atomic E-state index is 0.0717. The molecule has 1 N–H and O–H groups in total. The zero-order valence-corrected chi connectivity index (χ0v) is 8.61. The van der Waals surface area contributed by atoms with E-state index in [1.807, 2.05) is 24.5 Å². The summed E-state index contributed by atoms with van der Waals surface area (Å²) in [6, 6.07) is 3.77. The molecule has 13 heavy (non-hydrogen) atoms. The highest BCUT2D eigenvalue weighted by Crippen LogP contribution is 2.31. The molecule has 2 rings (SSSR count). The third-order valence-electron chi connectivity index (χ3n) is 1.68. The number of rotatable bonds is 2. The molecule has 1 aromatic heterocycles. The van der Waals surface area contributed by atoms with Crippen LogP contribution in [0.25, 0.3) is 0 Å². The summed E-state index contributed by atoms with van der Waals surface area (Å²) in [6.45, 7) is 0. The Hall–Kier alpha value is -0.550. The van der Waals surface area contributed by atoms with Crippen LogP contribution in [0.2, 0.25) is 0 Å². The molecule has 0 atom stereocenters. The molecule has 0 saturated carbocycles. The fraction of sp³-hybridized carbons (Fsp3) is 0.375. The molecule has 3 nitrogen and oxygen atoms in total. The molecule has 5 heteroatoms. The molecule has 1 aliphatic rings. The van der Waals surface area contributed by atoms with Gasteiger partial charge in [-0.3, -0.25) is 14.9 Å². The average molecular weight is 214 g/mol. The molecule has 1 saturated heterocycles. The molecule has 0 aromatic carbocycles. The zero-order valence-electron chi connectivity index (χ0n) is 6.97. The molecule has 0 aliphatic carbocycles. The van der Waals surface area contributed by atoms with Crippen LogP contribution >= 0.6 is 23.5 Å². The Labute approximate surface area is 85.2 Å². The second kappa shape index (κ2) is 4.11. The second-order valence-corrected chi connectivity index (χ2v) is 5.36. The minimum Gasteiger partial charge on any atom is -0.271 e. The van der Waals surface area contributed by atoms with Crippen molar-refractivity contribution >= 4 is 29.4 Å². The van der Waals surface area contributed by atoms with Crippen molar-refractivity contribution in [2.24, 2.45) is 0 Å². The topological polar surface area (TPSA) is 34.0 Å². The van der Waals surface area contributed by atoms with Crippen LogP contribution in [0.15, 0.2) is 24.5 Å². The summed E-state index contributed by atoms with van der Waals surface area (Å²) >= 11 is 3.42. The summed E-state index contributed by atoms with van der Waals surface area (Å²) in [5, 5.41) is 0. The molecule has 2 heterocycles. The van der Waals surface area contributed by atoms with Gasteiger partial charge in [0.15, 0.2) is 0 Å². The van der Waals surface area contributed by atoms with Gasteiger partial charge in [0, 0.05) is 23.9 Å². The predicted molar refractivity (Wildman–Crippen MR) is 57.5 cm³/mol. The number of nitrogens with one attached hydrogen (secondary N) is 1. The lowest BCUT2D eigenvalue weighted by molar-refractivity contribution is -0.115. The number of carbonyl (C=O) groups is 1. The van der Waals surface area contributed by atoms with E-state index in [0.717, 1.165) is 11.5 Å². The van der Waals surface area contributed by atoms with Crippen molar-refractivity contribution < 1.29 is 4.79 Å². The van der Waals surface area contributed by atoms with Crippen molar-refractivity contribution in [1.82, 2.24) is 4.68 Å². The Morgan fingerprint density at radius 1 is 1.31 bits per heavy atom. The molecule has 1 amide bonds. The zero-order chi connectivity index (χ0) is 9.10. The van der Waals surface area contributed by atoms with Crippen molar-refractivity contribution in [3.05, 3.63) is 24.5 Å². The van der Waals surface area contributed by atoms with Crippen LogP contribution in [0.1, 0.15) is 0 Å². The maximum absolute atomic E-state index is 11.5. The van der Waals surface area contributed by atoms with Crippen molar-refractivity contribution in [1.29, 1.82) is 0 Å². The van der Waals surface area contributed by atoms with Crippen molar-refractivity contribution in [2.45, 2.75) is 4.58 Å². The quantitative estimate of drug-likeness (QED) is 0.807. The van der Waals surface area contributed by atoms with E-state index >= 15 is 0 Å². The molecule has 0 spiro atoms. The van der Waals surface area contributed by atoms with Gasteiger partial charge in [-0.2, -0.15) is 0 Å². The van der Waals surface area contributed by atoms with Gasteiger partial charge in [-0.15, -0.1) is 23.5 Å². The molecule has 70 valence electrons. The Morgan fingerprint density at radius 3 is 2.54 bits per heavy atom. The van der Waals surface area contributed by atoms with Crippen LogP contribution in [-0.2, 0) is 4.79 Å². The highest BCUT2D eigenvalue weighted by atomic mass is 32.2. The van der Waals surface area contributed by atoms with Crippen LogP contribution < -0.4 is 5.43 Å². The summed E-state index contributed by atoms with van der Waals surface area (Å²) in [5.41, 5.74) is 2.80. The van der Waals surface area contributed by atoms with Crippen LogP contribution in [0.3, 0.4) is 0 Å². The monoisotopic (exact) mass is 214 g/mol. The van der Waals surface area contributed by atoms with Gasteiger partial charge in [-0.25, -0.2) is 0 Å². The van der Waals surface area contributed by atoms with Crippen molar-refractivity contribution in [3.63, 3.8) is 0 Å². The van der Waals surface area contributed by atoms with Gasteiger partial charge in [0.1, 0.15) is 4.58 Å². The summed E-state index contributed by atoms with van der Waals surface area (Å²) in [6.07, 6.45) is 3.64. The van der Waals surface area contributed by atoms with Gasteiger partial charge in [0.25, 0.3) is 5.91 Å². The van der Waals surface area contributed by atoms with E-state index in [1.54, 1.807) is 28.2 Å². The number of nitrogens with zero attached hydrogens (tertiary/aromatic N) is 1. The van der Waals surface area contributed by atoms with Gasteiger partial charge in [-0.05, 0) is 12.1 Å². The fourth-order valence-electron chi connectivity index (χ4n) is 1.10. The first-order chi connectivity index (χ1) is 6.36. The first kappa shape index (κ1) is 9.02. The normalized spacial score (nSPS) is 17.5. The molecule has 0 unspecified atom stereocenters. The summed E-state index contributed by atoms with van der Waals surface area (Å²) < 4.78 is 1.75. The minimum absolute atomic E-state index is 0.0717. The summed E-state index contributed by atoms with van der Waals surface area (Å²) in [4.78, 5) is 11.5. The number of carbonyl (C=O) groups excluding carboxylic acids is 1. The summed E-state index contributed by atoms with van der Waals surface area (Å²) in [7, 11) is 0. The van der Waals surface area contributed by atoms with Gasteiger partial charge in [0.05, 0.1) is 0 Å². The molecule has 0 radical (unpaired) electrons. The molecular formula is C8H10N2OS2. The summed E-state index contributed by atoms with van der Waals surface area (Å²) in [5.74, 6) is 2.24. The highest BCUT2D eigenvalue weighted by molar-refractivity contribution is 8.21. The van der Waals surface area contributed by atoms with Gasteiger partial charge >= 0.3 is 0 Å². The predicted octanol–water partition coefficient (Wildman–Crippen LogP) is 1.36. The average Bonchev–Trinajstić information content (AvgIpc) is 2.74. The number of aromatic nitrogens is 1. The molecule has 1 aromatic rings. The lowest BCUT2D eigenvalue weighted by Crippen LogP contribution is -2.27. The second-order valence-electron chi connectivity index (χ2n) is 2.64. The number of hydrogen-bond donors (Lipinski definition) is 1.